The number of hydrogen-bond acceptors (Lipinski definition) is 5. The molecule has 30 heavy (non-hydrogen) atoms. The topological polar surface area (TPSA) is 101 Å². The highest BCUT2D eigenvalue weighted by Crippen LogP contribution is 2.24. The van der Waals surface area contributed by atoms with Crippen LogP contribution in [0.25, 0.3) is 22.4 Å². The number of imidazole rings is 1. The number of carbonyl (C=O) groups excluding carboxylic acids is 1. The molecular weight excluding hydrogens is 402 g/mol. The number of nitrogens with one attached hydrogen (secondary N) is 2. The molecule has 0 bridgehead atoms. The number of hydrogen-bond donors (Lipinski definition) is 2. The van der Waals surface area contributed by atoms with Crippen LogP contribution in [0.1, 0.15) is 15.9 Å². The second kappa shape index (κ2) is 7.64. The Labute approximate surface area is 173 Å². The number of carbonyl (C=O) groups is 1. The monoisotopic (exact) mass is 421 g/mol. The molecule has 0 saturated heterocycles. The molecule has 152 valence electrons. The molecule has 7 nitrogen and oxygen atoms in total. The molecule has 0 aliphatic heterocycles. The van der Waals surface area contributed by atoms with Crippen molar-refractivity contribution in [2.24, 2.45) is 0 Å². The quantitative estimate of drug-likeness (QED) is 0.472. The van der Waals surface area contributed by atoms with Crippen LogP contribution < -0.4 is 4.72 Å². The Bertz CT molecular complexity index is 1310. The molecule has 0 fully saturated rings. The first-order valence-electron chi connectivity index (χ1n) is 9.14. The number of benzene rings is 3. The molecule has 2 N–H and O–H groups in total. The van der Waals surface area contributed by atoms with E-state index in [1.54, 1.807) is 37.3 Å². The zero-order chi connectivity index (χ0) is 21.3. The average molecular weight is 421 g/mol. The Balaban J connectivity index is 1.59. The number of anilines is 1. The fraction of sp³-hybridized carbons (Fsp3) is 0.0909. The number of sulfonamides is 1. The van der Waals surface area contributed by atoms with Gasteiger partial charge in [-0.2, -0.15) is 0 Å². The summed E-state index contributed by atoms with van der Waals surface area (Å²) in [6.45, 7) is 1.72. The Morgan fingerprint density at radius 3 is 2.47 bits per heavy atom. The van der Waals surface area contributed by atoms with Crippen molar-refractivity contribution in [2.75, 3.05) is 11.8 Å². The maximum absolute atomic E-state index is 12.8. The Hall–Kier alpha value is -3.65. The Kier molecular flexibility index (Phi) is 5.01. The van der Waals surface area contributed by atoms with Gasteiger partial charge in [0.05, 0.1) is 28.6 Å². The lowest BCUT2D eigenvalue weighted by atomic mass is 10.1. The highest BCUT2D eigenvalue weighted by molar-refractivity contribution is 7.92. The normalized spacial score (nSPS) is 11.4. The highest BCUT2D eigenvalue weighted by Gasteiger charge is 2.18. The summed E-state index contributed by atoms with van der Waals surface area (Å²) in [4.78, 5) is 19.6. The fourth-order valence-electron chi connectivity index (χ4n) is 3.10. The van der Waals surface area contributed by atoms with Crippen molar-refractivity contribution in [1.82, 2.24) is 9.97 Å². The van der Waals surface area contributed by atoms with E-state index in [0.29, 0.717) is 17.1 Å². The number of rotatable bonds is 5. The number of esters is 1. The maximum Gasteiger partial charge on any atom is 0.338 e. The lowest BCUT2D eigenvalue weighted by molar-refractivity contribution is 0.0599. The van der Waals surface area contributed by atoms with E-state index in [1.165, 1.54) is 19.2 Å². The third kappa shape index (κ3) is 3.77. The van der Waals surface area contributed by atoms with Gasteiger partial charge < -0.3 is 9.72 Å². The minimum absolute atomic E-state index is 0.0186. The Morgan fingerprint density at radius 1 is 1.03 bits per heavy atom. The summed E-state index contributed by atoms with van der Waals surface area (Å²) >= 11 is 0. The molecule has 8 heteroatoms. The number of methoxy groups -OCH3 is 1. The maximum atomic E-state index is 12.8. The van der Waals surface area contributed by atoms with Gasteiger partial charge in [0.1, 0.15) is 5.82 Å². The van der Waals surface area contributed by atoms with Gasteiger partial charge in [0.2, 0.25) is 0 Å². The van der Waals surface area contributed by atoms with Crippen LogP contribution in [-0.4, -0.2) is 31.5 Å². The molecule has 0 spiro atoms. The Morgan fingerprint density at radius 2 is 1.77 bits per heavy atom. The van der Waals surface area contributed by atoms with Crippen molar-refractivity contribution >= 4 is 32.7 Å². The standard InChI is InChI=1S/C22H19N3O4S/c1-14-7-12-17(13-18(14)22(26)29-2)30(27,28)25-16-10-8-15(9-11-16)21-23-19-5-3-4-6-20(19)24-21/h3-13,25H,1-2H3,(H,23,24). The minimum Gasteiger partial charge on any atom is -0.465 e. The largest absolute Gasteiger partial charge is 0.465 e. The smallest absolute Gasteiger partial charge is 0.338 e. The lowest BCUT2D eigenvalue weighted by Gasteiger charge is -2.11. The molecule has 0 radical (unpaired) electrons. The van der Waals surface area contributed by atoms with Crippen molar-refractivity contribution < 1.29 is 17.9 Å². The van der Waals surface area contributed by atoms with Gasteiger partial charge in [-0.25, -0.2) is 18.2 Å². The zero-order valence-corrected chi connectivity index (χ0v) is 17.2. The molecule has 4 aromatic rings. The summed E-state index contributed by atoms with van der Waals surface area (Å²) in [5.41, 5.74) is 3.86. The molecule has 4 rings (SSSR count). The molecule has 3 aromatic carbocycles. The lowest BCUT2D eigenvalue weighted by Crippen LogP contribution is -2.14. The van der Waals surface area contributed by atoms with E-state index in [4.69, 9.17) is 4.74 Å². The number of fused-ring (bicyclic) bond motifs is 1. The number of nitrogens with zero attached hydrogens (tertiary/aromatic N) is 1. The van der Waals surface area contributed by atoms with Gasteiger partial charge in [0.15, 0.2) is 0 Å². The van der Waals surface area contributed by atoms with Gasteiger partial charge in [-0.1, -0.05) is 18.2 Å². The molecule has 0 unspecified atom stereocenters. The first-order valence-corrected chi connectivity index (χ1v) is 10.6. The van der Waals surface area contributed by atoms with Gasteiger partial charge in [0, 0.05) is 11.3 Å². The van der Waals surface area contributed by atoms with E-state index in [2.05, 4.69) is 14.7 Å². The number of aryl methyl sites for hydroxylation is 1. The van der Waals surface area contributed by atoms with E-state index in [0.717, 1.165) is 16.6 Å². The predicted octanol–water partition coefficient (Wildman–Crippen LogP) is 4.13. The van der Waals surface area contributed by atoms with Crippen molar-refractivity contribution in [3.63, 3.8) is 0 Å². The zero-order valence-electron chi connectivity index (χ0n) is 16.3. The first-order chi connectivity index (χ1) is 14.4. The summed E-state index contributed by atoms with van der Waals surface area (Å²) in [5, 5.41) is 0. The third-order valence-electron chi connectivity index (χ3n) is 4.72. The van der Waals surface area contributed by atoms with Crippen molar-refractivity contribution in [1.29, 1.82) is 0 Å². The number of H-pyrrole nitrogens is 1. The molecule has 0 atom stereocenters. The summed E-state index contributed by atoms with van der Waals surface area (Å²) in [5.74, 6) is 0.117. The van der Waals surface area contributed by atoms with E-state index < -0.39 is 16.0 Å². The fourth-order valence-corrected chi connectivity index (χ4v) is 4.18. The van der Waals surface area contributed by atoms with E-state index in [9.17, 15) is 13.2 Å². The number of aromatic nitrogens is 2. The van der Waals surface area contributed by atoms with Crippen LogP contribution in [0.2, 0.25) is 0 Å². The van der Waals surface area contributed by atoms with Crippen molar-refractivity contribution in [3.8, 4) is 11.4 Å². The van der Waals surface area contributed by atoms with Crippen molar-refractivity contribution in [2.45, 2.75) is 11.8 Å². The van der Waals surface area contributed by atoms with Crippen LogP contribution in [-0.2, 0) is 14.8 Å². The summed E-state index contributed by atoms with van der Waals surface area (Å²) < 4.78 is 32.8. The number of para-hydroxylation sites is 2. The number of aromatic amines is 1. The molecule has 0 amide bonds. The number of ether oxygens (including phenoxy) is 1. The molecule has 0 aliphatic carbocycles. The first kappa shape index (κ1) is 19.7. The van der Waals surface area contributed by atoms with E-state index in [-0.39, 0.29) is 10.5 Å². The molecule has 1 heterocycles. The second-order valence-electron chi connectivity index (χ2n) is 6.75. The molecule has 1 aromatic heterocycles. The van der Waals surface area contributed by atoms with Crippen LogP contribution in [0, 0.1) is 6.92 Å². The van der Waals surface area contributed by atoms with Crippen LogP contribution in [0.3, 0.4) is 0 Å². The highest BCUT2D eigenvalue weighted by atomic mass is 32.2. The molecular formula is C22H19N3O4S. The molecule has 0 saturated carbocycles. The SMILES string of the molecule is COC(=O)c1cc(S(=O)(=O)Nc2ccc(-c3nc4ccccc4[nH]3)cc2)ccc1C. The van der Waals surface area contributed by atoms with Gasteiger partial charge in [0.25, 0.3) is 10.0 Å². The van der Waals surface area contributed by atoms with E-state index in [1.807, 2.05) is 24.3 Å². The van der Waals surface area contributed by atoms with Gasteiger partial charge >= 0.3 is 5.97 Å². The van der Waals surface area contributed by atoms with Crippen molar-refractivity contribution in [3.05, 3.63) is 77.9 Å². The van der Waals surface area contributed by atoms with Crippen LogP contribution >= 0.6 is 0 Å². The second-order valence-corrected chi connectivity index (χ2v) is 8.44. The summed E-state index contributed by atoms with van der Waals surface area (Å²) in [6.07, 6.45) is 0. The minimum atomic E-state index is -3.87. The van der Waals surface area contributed by atoms with Gasteiger partial charge in [-0.3, -0.25) is 4.72 Å². The third-order valence-corrected chi connectivity index (χ3v) is 6.10. The predicted molar refractivity (Wildman–Crippen MR) is 115 cm³/mol. The van der Waals surface area contributed by atoms with E-state index >= 15 is 0 Å². The van der Waals surface area contributed by atoms with Crippen LogP contribution in [0.4, 0.5) is 5.69 Å². The molecule has 0 aliphatic rings. The van der Waals surface area contributed by atoms with Gasteiger partial charge in [-0.15, -0.1) is 0 Å². The van der Waals surface area contributed by atoms with Gasteiger partial charge in [-0.05, 0) is 61.0 Å². The summed E-state index contributed by atoms with van der Waals surface area (Å²) in [7, 11) is -2.62. The summed E-state index contributed by atoms with van der Waals surface area (Å²) in [6, 6.07) is 18.9. The van der Waals surface area contributed by atoms with Crippen LogP contribution in [0.5, 0.6) is 0 Å². The van der Waals surface area contributed by atoms with Crippen LogP contribution in [0.15, 0.2) is 71.6 Å². The average Bonchev–Trinajstić information content (AvgIpc) is 3.18.